The lowest BCUT2D eigenvalue weighted by Crippen LogP contribution is -2.48. The van der Waals surface area contributed by atoms with E-state index in [1.165, 1.54) is 5.56 Å². The minimum absolute atomic E-state index is 0.318. The van der Waals surface area contributed by atoms with Crippen molar-refractivity contribution in [3.8, 4) is 0 Å². The molecule has 2 heterocycles. The molecule has 1 aliphatic rings. The normalized spacial score (nSPS) is 14.6. The summed E-state index contributed by atoms with van der Waals surface area (Å²) in [6.07, 6.45) is 3.04. The predicted molar refractivity (Wildman–Crippen MR) is 142 cm³/mol. The number of aryl methyl sites for hydroxylation is 2. The molecule has 1 aromatic heterocycles. The second-order valence-corrected chi connectivity index (χ2v) is 9.53. The van der Waals surface area contributed by atoms with Crippen molar-refractivity contribution in [2.24, 2.45) is 10.9 Å². The first kappa shape index (κ1) is 24.9. The zero-order chi connectivity index (χ0) is 24.8. The molecule has 0 unspecified atom stereocenters. The third-order valence-electron chi connectivity index (χ3n) is 5.86. The first-order valence-electron chi connectivity index (χ1n) is 11.6. The van der Waals surface area contributed by atoms with Crippen molar-refractivity contribution in [1.82, 2.24) is 20.2 Å². The number of aromatic nitrogens is 2. The molecule has 4 rings (SSSR count). The van der Waals surface area contributed by atoms with Crippen molar-refractivity contribution >= 4 is 46.8 Å². The Bertz CT molecular complexity index is 1190. The van der Waals surface area contributed by atoms with Crippen molar-refractivity contribution in [2.45, 2.75) is 33.1 Å². The summed E-state index contributed by atoms with van der Waals surface area (Å²) in [5.74, 6) is 1.32. The molecule has 2 N–H and O–H groups in total. The maximum absolute atomic E-state index is 12.8. The fourth-order valence-corrected chi connectivity index (χ4v) is 4.46. The van der Waals surface area contributed by atoms with Crippen LogP contribution in [0.15, 0.2) is 59.6 Å². The Hall–Kier alpha value is -3.16. The number of carbonyl (C=O) groups is 1. The van der Waals surface area contributed by atoms with E-state index in [2.05, 4.69) is 54.8 Å². The van der Waals surface area contributed by atoms with Gasteiger partial charge in [-0.15, -0.1) is 0 Å². The van der Waals surface area contributed by atoms with Gasteiger partial charge in [0.15, 0.2) is 0 Å². The van der Waals surface area contributed by atoms with Gasteiger partial charge >= 0.3 is 6.03 Å². The number of hydrogen-bond donors (Lipinski definition) is 2. The molecule has 35 heavy (non-hydrogen) atoms. The van der Waals surface area contributed by atoms with Crippen molar-refractivity contribution in [3.05, 3.63) is 81.6 Å². The number of urea groups is 1. The number of carbonyl (C=O) groups excluding carboxylic acids is 1. The van der Waals surface area contributed by atoms with E-state index in [-0.39, 0.29) is 0 Å². The Balaban J connectivity index is 1.48. The second kappa shape index (κ2) is 11.5. The molecule has 1 fully saturated rings. The van der Waals surface area contributed by atoms with Gasteiger partial charge in [-0.2, -0.15) is 4.99 Å². The smallest absolute Gasteiger partial charge is 0.326 e. The highest BCUT2D eigenvalue weighted by molar-refractivity contribution is 6.42. The number of hydrogen-bond acceptors (Lipinski definition) is 4. The van der Waals surface area contributed by atoms with E-state index in [1.807, 2.05) is 26.0 Å². The van der Waals surface area contributed by atoms with Gasteiger partial charge in [0, 0.05) is 30.2 Å². The summed E-state index contributed by atoms with van der Waals surface area (Å²) in [5, 5.41) is 6.46. The van der Waals surface area contributed by atoms with E-state index < -0.39 is 6.03 Å². The molecule has 182 valence electrons. The average molecular weight is 511 g/mol. The Morgan fingerprint density at radius 2 is 1.69 bits per heavy atom. The quantitative estimate of drug-likeness (QED) is 0.325. The molecule has 2 aromatic carbocycles. The minimum atomic E-state index is -0.432. The lowest BCUT2D eigenvalue weighted by atomic mass is 9.90. The van der Waals surface area contributed by atoms with E-state index in [9.17, 15) is 4.79 Å². The summed E-state index contributed by atoms with van der Waals surface area (Å²) in [5.41, 5.74) is 3.51. The van der Waals surface area contributed by atoms with Gasteiger partial charge in [-0.05, 0) is 68.9 Å². The van der Waals surface area contributed by atoms with Gasteiger partial charge in [0.05, 0.1) is 10.0 Å². The van der Waals surface area contributed by atoms with E-state index in [0.717, 1.165) is 43.7 Å². The highest BCUT2D eigenvalue weighted by Crippen LogP contribution is 2.25. The monoisotopic (exact) mass is 510 g/mol. The first-order chi connectivity index (χ1) is 16.9. The van der Waals surface area contributed by atoms with Crippen LogP contribution in [0.5, 0.6) is 0 Å². The topological polar surface area (TPSA) is 82.5 Å². The van der Waals surface area contributed by atoms with Crippen LogP contribution in [-0.4, -0.2) is 39.9 Å². The van der Waals surface area contributed by atoms with E-state index >= 15 is 0 Å². The van der Waals surface area contributed by atoms with Crippen LogP contribution in [0.25, 0.3) is 0 Å². The lowest BCUT2D eigenvalue weighted by molar-refractivity contribution is 0.246. The highest BCUT2D eigenvalue weighted by atomic mass is 35.5. The Labute approximate surface area is 215 Å². The first-order valence-corrected chi connectivity index (χ1v) is 12.3. The van der Waals surface area contributed by atoms with Gasteiger partial charge in [0.25, 0.3) is 5.95 Å². The number of aliphatic imine (C=N–C) groups is 1. The van der Waals surface area contributed by atoms with Crippen LogP contribution in [-0.2, 0) is 6.42 Å². The molecule has 0 atom stereocenters. The average Bonchev–Trinajstić information content (AvgIpc) is 2.82. The molecule has 9 heteroatoms. The van der Waals surface area contributed by atoms with Crippen molar-refractivity contribution in [2.75, 3.05) is 18.4 Å². The van der Waals surface area contributed by atoms with Crippen LogP contribution in [0.1, 0.15) is 29.8 Å². The van der Waals surface area contributed by atoms with Gasteiger partial charge in [-0.25, -0.2) is 14.8 Å². The van der Waals surface area contributed by atoms with E-state index in [4.69, 9.17) is 23.2 Å². The standard InChI is InChI=1S/C26H28Cl2N6O/c1-17-14-18(2)30-24(29-17)32-25(33-26(35)31-21-8-9-22(27)23(28)16-21)34-12-10-20(11-13-34)15-19-6-4-3-5-7-19/h3-9,14,16,20H,10-13,15H2,1-2H3,(H2,29,30,31,32,33,35). The van der Waals surface area contributed by atoms with Crippen LogP contribution < -0.4 is 10.6 Å². The molecule has 2 amide bonds. The van der Waals surface area contributed by atoms with E-state index in [1.54, 1.807) is 18.2 Å². The number of rotatable bonds is 4. The van der Waals surface area contributed by atoms with E-state index in [0.29, 0.717) is 33.6 Å². The minimum Gasteiger partial charge on any atom is -0.342 e. The van der Waals surface area contributed by atoms with Crippen LogP contribution in [0.3, 0.4) is 0 Å². The van der Waals surface area contributed by atoms with Gasteiger partial charge in [0.2, 0.25) is 5.96 Å². The number of benzene rings is 2. The molecule has 1 saturated heterocycles. The SMILES string of the molecule is Cc1cc(C)nc(/N=C(\NC(=O)Nc2ccc(Cl)c(Cl)c2)N2CCC(Cc3ccccc3)CC2)n1. The molecule has 0 bridgehead atoms. The van der Waals surface area contributed by atoms with Gasteiger partial charge in [0.1, 0.15) is 0 Å². The molecule has 0 spiro atoms. The molecule has 1 aliphatic heterocycles. The molecule has 3 aromatic rings. The van der Waals surface area contributed by atoms with Crippen LogP contribution >= 0.6 is 23.2 Å². The molecule has 7 nitrogen and oxygen atoms in total. The van der Waals surface area contributed by atoms with Crippen molar-refractivity contribution in [3.63, 3.8) is 0 Å². The van der Waals surface area contributed by atoms with Crippen LogP contribution in [0.4, 0.5) is 16.4 Å². The van der Waals surface area contributed by atoms with Crippen molar-refractivity contribution < 1.29 is 4.79 Å². The summed E-state index contributed by atoms with van der Waals surface area (Å²) < 4.78 is 0. The number of nitrogens with one attached hydrogen (secondary N) is 2. The summed E-state index contributed by atoms with van der Waals surface area (Å²) in [7, 11) is 0. The summed E-state index contributed by atoms with van der Waals surface area (Å²) in [6.45, 7) is 5.34. The maximum Gasteiger partial charge on any atom is 0.326 e. The third-order valence-corrected chi connectivity index (χ3v) is 6.60. The maximum atomic E-state index is 12.8. The third kappa shape index (κ3) is 7.16. The van der Waals surface area contributed by atoms with Gasteiger partial charge < -0.3 is 10.2 Å². The fourth-order valence-electron chi connectivity index (χ4n) is 4.16. The summed E-state index contributed by atoms with van der Waals surface area (Å²) >= 11 is 12.1. The number of guanidine groups is 1. The molecular weight excluding hydrogens is 483 g/mol. The Kier molecular flexibility index (Phi) is 8.21. The zero-order valence-electron chi connectivity index (χ0n) is 19.8. The van der Waals surface area contributed by atoms with Crippen LogP contribution in [0, 0.1) is 19.8 Å². The van der Waals surface area contributed by atoms with Crippen LogP contribution in [0.2, 0.25) is 10.0 Å². The molecule has 0 radical (unpaired) electrons. The zero-order valence-corrected chi connectivity index (χ0v) is 21.3. The largest absolute Gasteiger partial charge is 0.342 e. The number of amides is 2. The van der Waals surface area contributed by atoms with Gasteiger partial charge in [-0.1, -0.05) is 53.5 Å². The number of halogens is 2. The summed E-state index contributed by atoms with van der Waals surface area (Å²) in [4.78, 5) is 28.4. The number of piperidine rings is 1. The lowest BCUT2D eigenvalue weighted by Gasteiger charge is -2.34. The van der Waals surface area contributed by atoms with Gasteiger partial charge in [-0.3, -0.25) is 5.32 Å². The Morgan fingerprint density at radius 3 is 2.34 bits per heavy atom. The second-order valence-electron chi connectivity index (χ2n) is 8.71. The number of nitrogens with zero attached hydrogens (tertiary/aromatic N) is 4. The predicted octanol–water partition coefficient (Wildman–Crippen LogP) is 6.16. The number of likely N-dealkylation sites (tertiary alicyclic amines) is 1. The Morgan fingerprint density at radius 1 is 1.00 bits per heavy atom. The molecule has 0 saturated carbocycles. The number of anilines is 1. The molecule has 0 aliphatic carbocycles. The fraction of sp³-hybridized carbons (Fsp3) is 0.308. The summed E-state index contributed by atoms with van der Waals surface area (Å²) in [6, 6.07) is 16.9. The molecular formula is C26H28Cl2N6O. The highest BCUT2D eigenvalue weighted by Gasteiger charge is 2.24. The van der Waals surface area contributed by atoms with Crippen molar-refractivity contribution in [1.29, 1.82) is 0 Å².